The number of ether oxygens (including phenoxy) is 1. The number of esters is 1. The first-order valence-corrected chi connectivity index (χ1v) is 11.2. The lowest BCUT2D eigenvalue weighted by Gasteiger charge is -2.16. The van der Waals surface area contributed by atoms with Crippen LogP contribution in [0.3, 0.4) is 0 Å². The van der Waals surface area contributed by atoms with Crippen LogP contribution in [0.15, 0.2) is 36.7 Å². The van der Waals surface area contributed by atoms with E-state index in [0.717, 1.165) is 24.8 Å². The van der Waals surface area contributed by atoms with E-state index in [1.165, 1.54) is 31.2 Å². The fraction of sp³-hybridized carbons (Fsp3) is 0.542. The summed E-state index contributed by atoms with van der Waals surface area (Å²) in [7, 11) is 0. The monoisotopic (exact) mass is 416 g/mol. The molecule has 0 spiro atoms. The Balaban J connectivity index is 1.87. The second-order valence-corrected chi connectivity index (χ2v) is 8.27. The molecule has 29 heavy (non-hydrogen) atoms. The van der Waals surface area contributed by atoms with E-state index in [0.29, 0.717) is 17.5 Å². The van der Waals surface area contributed by atoms with E-state index in [-0.39, 0.29) is 17.8 Å². The fourth-order valence-corrected chi connectivity index (χ4v) is 3.48. The number of carbonyl (C=O) groups is 1. The van der Waals surface area contributed by atoms with Crippen LogP contribution in [0.2, 0.25) is 0 Å². The highest BCUT2D eigenvalue weighted by atomic mass is 35.5. The van der Waals surface area contributed by atoms with E-state index < -0.39 is 0 Å². The van der Waals surface area contributed by atoms with Gasteiger partial charge in [0.1, 0.15) is 5.75 Å². The Hall–Kier alpha value is -1.94. The van der Waals surface area contributed by atoms with Crippen LogP contribution in [0.1, 0.15) is 71.3 Å². The maximum atomic E-state index is 12.1. The molecule has 0 N–H and O–H groups in total. The second-order valence-electron chi connectivity index (χ2n) is 7.71. The smallest absolute Gasteiger partial charge is 0.312 e. The number of nitrogens with zero attached hydrogens (tertiary/aromatic N) is 2. The summed E-state index contributed by atoms with van der Waals surface area (Å²) in [5.74, 6) is 1.18. The lowest BCUT2D eigenvalue weighted by atomic mass is 10.00. The summed E-state index contributed by atoms with van der Waals surface area (Å²) >= 11 is 6.32. The molecule has 0 aliphatic heterocycles. The number of aryl methyl sites for hydroxylation is 1. The summed E-state index contributed by atoms with van der Waals surface area (Å²) in [6.45, 7) is 6.40. The van der Waals surface area contributed by atoms with Crippen LogP contribution in [0.25, 0.3) is 11.4 Å². The Bertz CT molecular complexity index is 732. The van der Waals surface area contributed by atoms with Gasteiger partial charge in [0.05, 0.1) is 6.42 Å². The molecule has 0 aliphatic rings. The Morgan fingerprint density at radius 3 is 2.34 bits per heavy atom. The predicted octanol–water partition coefficient (Wildman–Crippen LogP) is 6.61. The molecule has 2 rings (SSSR count). The number of carbonyl (C=O) groups excluding carboxylic acids is 1. The molecular weight excluding hydrogens is 384 g/mol. The third kappa shape index (κ3) is 8.14. The molecular formula is C24H33ClN2O2. The Kier molecular flexibility index (Phi) is 10.1. The van der Waals surface area contributed by atoms with Crippen molar-refractivity contribution in [3.05, 3.63) is 42.2 Å². The maximum Gasteiger partial charge on any atom is 0.312 e. The number of hydrogen-bond acceptors (Lipinski definition) is 4. The van der Waals surface area contributed by atoms with E-state index in [9.17, 15) is 4.79 Å². The van der Waals surface area contributed by atoms with Crippen LogP contribution in [0.5, 0.6) is 5.75 Å². The molecule has 0 fully saturated rings. The zero-order valence-corrected chi connectivity index (χ0v) is 18.6. The maximum absolute atomic E-state index is 12.1. The van der Waals surface area contributed by atoms with Crippen molar-refractivity contribution < 1.29 is 9.53 Å². The molecule has 0 amide bonds. The summed E-state index contributed by atoms with van der Waals surface area (Å²) in [5, 5.41) is -0.199. The SMILES string of the molecule is CCCCCCc1cnc(-c2ccc(OC(=O)CC(Cl)C(C)CCC)cc2)nc1. The Labute approximate surface area is 180 Å². The molecule has 2 unspecified atom stereocenters. The van der Waals surface area contributed by atoms with Gasteiger partial charge in [-0.25, -0.2) is 9.97 Å². The molecule has 5 heteroatoms. The van der Waals surface area contributed by atoms with Crippen molar-refractivity contribution in [1.29, 1.82) is 0 Å². The minimum atomic E-state index is -0.302. The topological polar surface area (TPSA) is 52.1 Å². The van der Waals surface area contributed by atoms with Gasteiger partial charge in [0.25, 0.3) is 0 Å². The summed E-state index contributed by atoms with van der Waals surface area (Å²) in [6.07, 6.45) is 12.1. The van der Waals surface area contributed by atoms with E-state index in [2.05, 4.69) is 30.7 Å². The molecule has 4 nitrogen and oxygen atoms in total. The highest BCUT2D eigenvalue weighted by Gasteiger charge is 2.19. The van der Waals surface area contributed by atoms with Gasteiger partial charge in [-0.15, -0.1) is 11.6 Å². The van der Waals surface area contributed by atoms with Crippen molar-refractivity contribution in [3.63, 3.8) is 0 Å². The molecule has 0 saturated carbocycles. The molecule has 2 aromatic rings. The van der Waals surface area contributed by atoms with Crippen molar-refractivity contribution >= 4 is 17.6 Å². The molecule has 1 aromatic carbocycles. The first-order valence-electron chi connectivity index (χ1n) is 10.8. The van der Waals surface area contributed by atoms with Gasteiger partial charge in [0, 0.05) is 23.3 Å². The highest BCUT2D eigenvalue weighted by Crippen LogP contribution is 2.22. The highest BCUT2D eigenvalue weighted by molar-refractivity contribution is 6.21. The number of alkyl halides is 1. The van der Waals surface area contributed by atoms with Gasteiger partial charge in [-0.1, -0.05) is 46.5 Å². The van der Waals surface area contributed by atoms with E-state index in [1.54, 1.807) is 12.1 Å². The molecule has 0 bridgehead atoms. The standard InChI is InChI=1S/C24H33ClN2O2/c1-4-6-7-8-10-19-16-26-24(27-17-19)20-11-13-21(14-12-20)29-23(28)15-22(25)18(3)9-5-2/h11-14,16-18,22H,4-10,15H2,1-3H3. The van der Waals surface area contributed by atoms with Crippen molar-refractivity contribution in [2.45, 2.75) is 77.5 Å². The average Bonchev–Trinajstić information content (AvgIpc) is 2.72. The summed E-state index contributed by atoms with van der Waals surface area (Å²) in [4.78, 5) is 21.1. The minimum Gasteiger partial charge on any atom is -0.426 e. The number of unbranched alkanes of at least 4 members (excludes halogenated alkanes) is 3. The minimum absolute atomic E-state index is 0.199. The van der Waals surface area contributed by atoms with Crippen molar-refractivity contribution in [1.82, 2.24) is 9.97 Å². The molecule has 158 valence electrons. The van der Waals surface area contributed by atoms with Gasteiger partial charge >= 0.3 is 5.97 Å². The van der Waals surface area contributed by atoms with Gasteiger partial charge in [-0.05, 0) is 55.0 Å². The van der Waals surface area contributed by atoms with Crippen molar-refractivity contribution in [3.8, 4) is 17.1 Å². The molecule has 2 atom stereocenters. The van der Waals surface area contributed by atoms with Crippen LogP contribution >= 0.6 is 11.6 Å². The summed E-state index contributed by atoms with van der Waals surface area (Å²) in [6, 6.07) is 7.29. The van der Waals surface area contributed by atoms with Gasteiger partial charge in [0.2, 0.25) is 0 Å². The summed E-state index contributed by atoms with van der Waals surface area (Å²) in [5.41, 5.74) is 2.07. The van der Waals surface area contributed by atoms with Gasteiger partial charge in [-0.3, -0.25) is 4.79 Å². The Morgan fingerprint density at radius 1 is 1.03 bits per heavy atom. The number of halogens is 1. The number of hydrogen-bond donors (Lipinski definition) is 0. The normalized spacial score (nSPS) is 13.1. The molecule has 0 radical (unpaired) electrons. The zero-order valence-electron chi connectivity index (χ0n) is 17.9. The molecule has 1 aromatic heterocycles. The molecule has 1 heterocycles. The van der Waals surface area contributed by atoms with Gasteiger partial charge < -0.3 is 4.74 Å². The largest absolute Gasteiger partial charge is 0.426 e. The fourth-order valence-electron chi connectivity index (χ4n) is 3.23. The van der Waals surface area contributed by atoms with Gasteiger partial charge in [-0.2, -0.15) is 0 Å². The van der Waals surface area contributed by atoms with E-state index in [1.807, 2.05) is 24.5 Å². The van der Waals surface area contributed by atoms with Crippen LogP contribution < -0.4 is 4.74 Å². The number of benzene rings is 1. The second kappa shape index (κ2) is 12.6. The van der Waals surface area contributed by atoms with E-state index in [4.69, 9.17) is 16.3 Å². The van der Waals surface area contributed by atoms with Crippen LogP contribution in [-0.4, -0.2) is 21.3 Å². The first kappa shape index (κ1) is 23.3. The predicted molar refractivity (Wildman–Crippen MR) is 119 cm³/mol. The van der Waals surface area contributed by atoms with Crippen LogP contribution in [0.4, 0.5) is 0 Å². The number of aromatic nitrogens is 2. The first-order chi connectivity index (χ1) is 14.0. The lowest BCUT2D eigenvalue weighted by Crippen LogP contribution is -2.19. The summed E-state index contributed by atoms with van der Waals surface area (Å²) < 4.78 is 5.42. The number of rotatable bonds is 12. The third-order valence-corrected chi connectivity index (χ3v) is 5.68. The van der Waals surface area contributed by atoms with E-state index >= 15 is 0 Å². The van der Waals surface area contributed by atoms with Crippen molar-refractivity contribution in [2.75, 3.05) is 0 Å². The Morgan fingerprint density at radius 2 is 1.72 bits per heavy atom. The molecule has 0 saturated heterocycles. The van der Waals surface area contributed by atoms with Gasteiger partial charge in [0.15, 0.2) is 5.82 Å². The third-order valence-electron chi connectivity index (χ3n) is 5.09. The quantitative estimate of drug-likeness (QED) is 0.169. The van der Waals surface area contributed by atoms with Crippen molar-refractivity contribution in [2.24, 2.45) is 5.92 Å². The van der Waals surface area contributed by atoms with Crippen LogP contribution in [0, 0.1) is 5.92 Å². The average molecular weight is 417 g/mol. The lowest BCUT2D eigenvalue weighted by molar-refractivity contribution is -0.134. The zero-order chi connectivity index (χ0) is 21.1. The van der Waals surface area contributed by atoms with Crippen LogP contribution in [-0.2, 0) is 11.2 Å². The molecule has 0 aliphatic carbocycles.